The van der Waals surface area contributed by atoms with Gasteiger partial charge in [0.1, 0.15) is 6.04 Å². The minimum Gasteiger partial charge on any atom is -0.342 e. The van der Waals surface area contributed by atoms with E-state index in [-0.39, 0.29) is 5.69 Å². The van der Waals surface area contributed by atoms with Crippen LogP contribution in [0.5, 0.6) is 0 Å². The smallest absolute Gasteiger partial charge is 0.342 e. The van der Waals surface area contributed by atoms with Crippen molar-refractivity contribution in [3.8, 4) is 0 Å². The van der Waals surface area contributed by atoms with Crippen LogP contribution in [0.2, 0.25) is 0 Å². The zero-order chi connectivity index (χ0) is 12.1. The van der Waals surface area contributed by atoms with Gasteiger partial charge in [0, 0.05) is 12.1 Å². The molecule has 0 fully saturated rings. The Hall–Kier alpha value is -2.15. The van der Waals surface area contributed by atoms with Crippen LogP contribution in [0.1, 0.15) is 6.92 Å². The Bertz CT molecular complexity index is 388. The Morgan fingerprint density at radius 1 is 1.50 bits per heavy atom. The van der Waals surface area contributed by atoms with Crippen LogP contribution in [-0.2, 0) is 9.63 Å². The van der Waals surface area contributed by atoms with Gasteiger partial charge in [-0.05, 0) is 19.1 Å². The molecule has 0 amide bonds. The molecule has 86 valence electrons. The summed E-state index contributed by atoms with van der Waals surface area (Å²) in [6, 6.07) is 4.70. The summed E-state index contributed by atoms with van der Waals surface area (Å²) in [4.78, 5) is 25.4. The number of nitro groups is 1. The highest BCUT2D eigenvalue weighted by atomic mass is 16.7. The zero-order valence-corrected chi connectivity index (χ0v) is 8.54. The molecule has 7 nitrogen and oxygen atoms in total. The molecule has 0 aliphatic carbocycles. The molecule has 0 unspecified atom stereocenters. The molecule has 7 heteroatoms. The molecule has 0 aliphatic heterocycles. The van der Waals surface area contributed by atoms with Crippen molar-refractivity contribution < 1.29 is 14.6 Å². The second-order valence-electron chi connectivity index (χ2n) is 3.12. The fourth-order valence-corrected chi connectivity index (χ4v) is 0.853. The number of nitrogens with two attached hydrogens (primary N) is 1. The third-order valence-corrected chi connectivity index (χ3v) is 1.72. The lowest BCUT2D eigenvalue weighted by molar-refractivity contribution is -0.384. The third kappa shape index (κ3) is 3.21. The maximum absolute atomic E-state index is 11.0. The molecule has 0 aliphatic rings. The SMILES string of the molecule is C[C@H](N)C(=O)ONc1ccc([N+](=O)[O-])cc1. The molecule has 0 bridgehead atoms. The largest absolute Gasteiger partial charge is 0.348 e. The van der Waals surface area contributed by atoms with Crippen LogP contribution >= 0.6 is 0 Å². The number of carbonyl (C=O) groups excluding carboxylic acids is 1. The quantitative estimate of drug-likeness (QED) is 0.580. The Morgan fingerprint density at radius 2 is 2.06 bits per heavy atom. The van der Waals surface area contributed by atoms with E-state index >= 15 is 0 Å². The Balaban J connectivity index is 2.56. The molecular formula is C9H11N3O4. The van der Waals surface area contributed by atoms with Crippen LogP contribution in [-0.4, -0.2) is 16.9 Å². The summed E-state index contributed by atoms with van der Waals surface area (Å²) < 4.78 is 0. The van der Waals surface area contributed by atoms with E-state index in [4.69, 9.17) is 5.73 Å². The summed E-state index contributed by atoms with van der Waals surface area (Å²) in [6.07, 6.45) is 0. The van der Waals surface area contributed by atoms with E-state index in [1.54, 1.807) is 0 Å². The van der Waals surface area contributed by atoms with Gasteiger partial charge in [-0.1, -0.05) is 0 Å². The number of benzene rings is 1. The normalized spacial score (nSPS) is 11.6. The number of hydrogen-bond donors (Lipinski definition) is 2. The number of nitrogens with one attached hydrogen (secondary N) is 1. The molecule has 0 saturated heterocycles. The van der Waals surface area contributed by atoms with Crippen LogP contribution in [0.25, 0.3) is 0 Å². The van der Waals surface area contributed by atoms with Crippen molar-refractivity contribution in [3.63, 3.8) is 0 Å². The summed E-state index contributed by atoms with van der Waals surface area (Å²) in [5, 5.41) is 10.4. The van der Waals surface area contributed by atoms with E-state index in [1.807, 2.05) is 0 Å². The lowest BCUT2D eigenvalue weighted by atomic mass is 10.3. The highest BCUT2D eigenvalue weighted by Crippen LogP contribution is 2.15. The molecule has 1 aromatic rings. The summed E-state index contributed by atoms with van der Waals surface area (Å²) >= 11 is 0. The number of non-ortho nitro benzene ring substituents is 1. The second kappa shape index (κ2) is 5.08. The van der Waals surface area contributed by atoms with Crippen LogP contribution < -0.4 is 11.2 Å². The van der Waals surface area contributed by atoms with E-state index < -0.39 is 16.9 Å². The van der Waals surface area contributed by atoms with Crippen molar-refractivity contribution in [2.75, 3.05) is 5.48 Å². The lowest BCUT2D eigenvalue weighted by Crippen LogP contribution is -2.30. The average Bonchev–Trinajstić information content (AvgIpc) is 2.26. The molecule has 1 atom stereocenters. The third-order valence-electron chi connectivity index (χ3n) is 1.72. The number of nitro benzene ring substituents is 1. The maximum Gasteiger partial charge on any atom is 0.348 e. The number of rotatable bonds is 4. The molecule has 0 spiro atoms. The van der Waals surface area contributed by atoms with E-state index in [9.17, 15) is 14.9 Å². The molecule has 16 heavy (non-hydrogen) atoms. The van der Waals surface area contributed by atoms with Crippen molar-refractivity contribution in [1.82, 2.24) is 0 Å². The van der Waals surface area contributed by atoms with Gasteiger partial charge in [0.05, 0.1) is 10.6 Å². The second-order valence-corrected chi connectivity index (χ2v) is 3.12. The van der Waals surface area contributed by atoms with Gasteiger partial charge < -0.3 is 10.6 Å². The van der Waals surface area contributed by atoms with Gasteiger partial charge in [0.2, 0.25) is 0 Å². The van der Waals surface area contributed by atoms with Crippen molar-refractivity contribution in [2.45, 2.75) is 13.0 Å². The predicted molar refractivity (Wildman–Crippen MR) is 56.5 cm³/mol. The van der Waals surface area contributed by atoms with Gasteiger partial charge in [-0.3, -0.25) is 10.1 Å². The number of anilines is 1. The highest BCUT2D eigenvalue weighted by Gasteiger charge is 2.09. The first kappa shape index (κ1) is 11.9. The summed E-state index contributed by atoms with van der Waals surface area (Å²) in [6.45, 7) is 1.49. The van der Waals surface area contributed by atoms with Gasteiger partial charge in [0.15, 0.2) is 0 Å². The van der Waals surface area contributed by atoms with Crippen LogP contribution in [0, 0.1) is 10.1 Å². The average molecular weight is 225 g/mol. The van der Waals surface area contributed by atoms with Crippen molar-refractivity contribution in [2.24, 2.45) is 5.73 Å². The highest BCUT2D eigenvalue weighted by molar-refractivity contribution is 5.75. The molecule has 1 rings (SSSR count). The predicted octanol–water partition coefficient (Wildman–Crippen LogP) is 0.812. The minimum atomic E-state index is -0.731. The van der Waals surface area contributed by atoms with Crippen molar-refractivity contribution in [3.05, 3.63) is 34.4 Å². The molecule has 3 N–H and O–H groups in total. The van der Waals surface area contributed by atoms with Crippen LogP contribution in [0.4, 0.5) is 11.4 Å². The molecule has 1 aromatic carbocycles. The van der Waals surface area contributed by atoms with E-state index in [0.29, 0.717) is 5.69 Å². The molecule has 0 radical (unpaired) electrons. The standard InChI is InChI=1S/C9H11N3O4/c1-6(10)9(13)16-11-7-2-4-8(5-3-7)12(14)15/h2-6,11H,10H2,1H3/t6-/m0/s1. The molecule has 0 saturated carbocycles. The van der Waals surface area contributed by atoms with Crippen LogP contribution in [0.15, 0.2) is 24.3 Å². The molecule has 0 aromatic heterocycles. The summed E-state index contributed by atoms with van der Waals surface area (Å²) in [5.74, 6) is -0.613. The van der Waals surface area contributed by atoms with E-state index in [1.165, 1.54) is 31.2 Å². The van der Waals surface area contributed by atoms with Gasteiger partial charge >= 0.3 is 5.97 Å². The van der Waals surface area contributed by atoms with Gasteiger partial charge in [-0.2, -0.15) is 0 Å². The maximum atomic E-state index is 11.0. The Kier molecular flexibility index (Phi) is 3.78. The first-order valence-electron chi connectivity index (χ1n) is 4.47. The first-order valence-corrected chi connectivity index (χ1v) is 4.47. The van der Waals surface area contributed by atoms with Gasteiger partial charge in [0.25, 0.3) is 5.69 Å². The Morgan fingerprint density at radius 3 is 2.50 bits per heavy atom. The Labute approximate surface area is 91.3 Å². The van der Waals surface area contributed by atoms with Gasteiger partial charge in [-0.15, -0.1) is 0 Å². The topological polar surface area (TPSA) is 107 Å². The minimum absolute atomic E-state index is 0.0379. The number of nitrogens with zero attached hydrogens (tertiary/aromatic N) is 1. The summed E-state index contributed by atoms with van der Waals surface area (Å²) in [5.41, 5.74) is 7.99. The summed E-state index contributed by atoms with van der Waals surface area (Å²) in [7, 11) is 0. The number of carbonyl (C=O) groups is 1. The fourth-order valence-electron chi connectivity index (χ4n) is 0.853. The zero-order valence-electron chi connectivity index (χ0n) is 8.54. The number of hydrogen-bond acceptors (Lipinski definition) is 6. The molecular weight excluding hydrogens is 214 g/mol. The van der Waals surface area contributed by atoms with E-state index in [2.05, 4.69) is 10.3 Å². The monoisotopic (exact) mass is 225 g/mol. The van der Waals surface area contributed by atoms with Crippen molar-refractivity contribution >= 4 is 17.3 Å². The molecule has 0 heterocycles. The van der Waals surface area contributed by atoms with Crippen LogP contribution in [0.3, 0.4) is 0 Å². The van der Waals surface area contributed by atoms with Gasteiger partial charge in [-0.25, -0.2) is 10.3 Å². The van der Waals surface area contributed by atoms with E-state index in [0.717, 1.165) is 0 Å². The fraction of sp³-hybridized carbons (Fsp3) is 0.222. The lowest BCUT2D eigenvalue weighted by Gasteiger charge is -2.07. The van der Waals surface area contributed by atoms with Crippen molar-refractivity contribution in [1.29, 1.82) is 0 Å². The first-order chi connectivity index (χ1) is 7.50.